The lowest BCUT2D eigenvalue weighted by atomic mass is 10.1. The predicted octanol–water partition coefficient (Wildman–Crippen LogP) is 4.15. The van der Waals surface area contributed by atoms with E-state index < -0.39 is 5.91 Å². The van der Waals surface area contributed by atoms with Gasteiger partial charge >= 0.3 is 0 Å². The van der Waals surface area contributed by atoms with Crippen molar-refractivity contribution in [3.8, 4) is 17.0 Å². The number of ether oxygens (including phenoxy) is 1. The molecule has 0 radical (unpaired) electrons. The largest absolute Gasteiger partial charge is 0.496 e. The van der Waals surface area contributed by atoms with E-state index in [2.05, 4.69) is 46.4 Å². The van der Waals surface area contributed by atoms with Crippen LogP contribution in [-0.2, 0) is 0 Å². The van der Waals surface area contributed by atoms with Crippen molar-refractivity contribution in [2.24, 2.45) is 0 Å². The highest BCUT2D eigenvalue weighted by molar-refractivity contribution is 9.11. The van der Waals surface area contributed by atoms with Crippen molar-refractivity contribution in [3.63, 3.8) is 0 Å². The number of aromatic amines is 1. The Bertz CT molecular complexity index is 1160. The van der Waals surface area contributed by atoms with Crippen molar-refractivity contribution in [2.75, 3.05) is 12.4 Å². The molecular formula is C16H10BrClN6O2S. The van der Waals surface area contributed by atoms with Gasteiger partial charge in [0.05, 0.1) is 13.3 Å². The lowest BCUT2D eigenvalue weighted by molar-refractivity contribution is 0.102. The van der Waals surface area contributed by atoms with Gasteiger partial charge in [-0.2, -0.15) is 5.10 Å². The number of carbonyl (C=O) groups excluding carboxylic acids is 1. The SMILES string of the molecule is COc1ccc(Cl)cc1-c1nc(Br)sc1NC(=O)c1n[nH]c2cncnc12. The van der Waals surface area contributed by atoms with Crippen molar-refractivity contribution in [1.29, 1.82) is 0 Å². The lowest BCUT2D eigenvalue weighted by Crippen LogP contribution is -2.13. The Balaban J connectivity index is 1.74. The van der Waals surface area contributed by atoms with Crippen LogP contribution in [0.15, 0.2) is 34.6 Å². The predicted molar refractivity (Wildman–Crippen MR) is 106 cm³/mol. The molecule has 0 aliphatic carbocycles. The van der Waals surface area contributed by atoms with E-state index in [0.717, 1.165) is 0 Å². The monoisotopic (exact) mass is 464 g/mol. The number of aromatic nitrogens is 5. The Labute approximate surface area is 170 Å². The summed E-state index contributed by atoms with van der Waals surface area (Å²) in [5, 5.41) is 10.7. The number of thiazole rings is 1. The van der Waals surface area contributed by atoms with E-state index in [0.29, 0.717) is 42.0 Å². The number of halogens is 2. The maximum atomic E-state index is 12.8. The first-order valence-electron chi connectivity index (χ1n) is 7.52. The molecule has 27 heavy (non-hydrogen) atoms. The van der Waals surface area contributed by atoms with Gasteiger partial charge in [0, 0.05) is 10.6 Å². The zero-order valence-electron chi connectivity index (χ0n) is 13.7. The fraction of sp³-hybridized carbons (Fsp3) is 0.0625. The van der Waals surface area contributed by atoms with Crippen LogP contribution in [0.2, 0.25) is 5.02 Å². The summed E-state index contributed by atoms with van der Waals surface area (Å²) in [6.07, 6.45) is 2.91. The van der Waals surface area contributed by atoms with Crippen LogP contribution >= 0.6 is 38.9 Å². The van der Waals surface area contributed by atoms with E-state index in [1.807, 2.05) is 0 Å². The summed E-state index contributed by atoms with van der Waals surface area (Å²) in [5.41, 5.74) is 2.38. The molecule has 4 aromatic rings. The zero-order chi connectivity index (χ0) is 19.0. The molecule has 136 valence electrons. The average Bonchev–Trinajstić information content (AvgIpc) is 3.25. The molecule has 1 amide bonds. The second-order valence-electron chi connectivity index (χ2n) is 5.30. The third kappa shape index (κ3) is 3.38. The summed E-state index contributed by atoms with van der Waals surface area (Å²) < 4.78 is 6.00. The van der Waals surface area contributed by atoms with Crippen LogP contribution < -0.4 is 10.1 Å². The maximum absolute atomic E-state index is 12.8. The topological polar surface area (TPSA) is 106 Å². The highest BCUT2D eigenvalue weighted by Crippen LogP contribution is 2.41. The molecule has 0 bridgehead atoms. The van der Waals surface area contributed by atoms with E-state index in [9.17, 15) is 4.79 Å². The number of anilines is 1. The number of fused-ring (bicyclic) bond motifs is 1. The molecule has 1 aromatic carbocycles. The third-order valence-corrected chi connectivity index (χ3v) is 5.34. The van der Waals surface area contributed by atoms with Crippen molar-refractivity contribution in [1.82, 2.24) is 25.1 Å². The molecule has 0 saturated heterocycles. The van der Waals surface area contributed by atoms with Gasteiger partial charge in [-0.25, -0.2) is 15.0 Å². The van der Waals surface area contributed by atoms with Crippen molar-refractivity contribution < 1.29 is 9.53 Å². The van der Waals surface area contributed by atoms with Crippen LogP contribution in [0.4, 0.5) is 5.00 Å². The lowest BCUT2D eigenvalue weighted by Gasteiger charge is -2.09. The molecule has 0 aliphatic rings. The fourth-order valence-electron chi connectivity index (χ4n) is 2.52. The minimum atomic E-state index is -0.418. The first-order chi connectivity index (χ1) is 13.1. The van der Waals surface area contributed by atoms with E-state index in [1.165, 1.54) is 17.7 Å². The van der Waals surface area contributed by atoms with Crippen LogP contribution in [-0.4, -0.2) is 38.2 Å². The van der Waals surface area contributed by atoms with Crippen molar-refractivity contribution >= 4 is 60.8 Å². The molecule has 0 unspecified atom stereocenters. The van der Waals surface area contributed by atoms with Gasteiger partial charge in [0.25, 0.3) is 5.91 Å². The Morgan fingerprint density at radius 1 is 1.41 bits per heavy atom. The first-order valence-corrected chi connectivity index (χ1v) is 9.51. The molecule has 0 spiro atoms. The Kier molecular flexibility index (Phi) is 4.77. The number of rotatable bonds is 4. The zero-order valence-corrected chi connectivity index (χ0v) is 16.8. The second-order valence-corrected chi connectivity index (χ2v) is 8.01. The van der Waals surface area contributed by atoms with Crippen LogP contribution in [0.3, 0.4) is 0 Å². The van der Waals surface area contributed by atoms with Crippen LogP contribution in [0.25, 0.3) is 22.3 Å². The van der Waals surface area contributed by atoms with Gasteiger partial charge in [0.2, 0.25) is 0 Å². The number of methoxy groups -OCH3 is 1. The molecule has 0 aliphatic heterocycles. The quantitative estimate of drug-likeness (QED) is 0.469. The van der Waals surface area contributed by atoms with Gasteiger partial charge in [-0.1, -0.05) is 22.9 Å². The van der Waals surface area contributed by atoms with Crippen molar-refractivity contribution in [3.05, 3.63) is 45.4 Å². The molecule has 4 rings (SSSR count). The van der Waals surface area contributed by atoms with Gasteiger partial charge < -0.3 is 10.1 Å². The van der Waals surface area contributed by atoms with E-state index >= 15 is 0 Å². The molecule has 2 N–H and O–H groups in total. The number of nitrogens with zero attached hydrogens (tertiary/aromatic N) is 4. The highest BCUT2D eigenvalue weighted by atomic mass is 79.9. The summed E-state index contributed by atoms with van der Waals surface area (Å²) in [6, 6.07) is 5.20. The standard InChI is InChI=1S/C16H10BrClN6O2S/c1-26-10-3-2-7(18)4-8(10)11-15(27-16(17)21-11)22-14(25)13-12-9(23-24-13)5-19-6-20-12/h2-6H,1H3,(H,22,25)(H,23,24). The van der Waals surface area contributed by atoms with Gasteiger partial charge in [0.15, 0.2) is 9.61 Å². The number of benzene rings is 1. The number of hydrogen-bond acceptors (Lipinski definition) is 7. The maximum Gasteiger partial charge on any atom is 0.279 e. The fourth-order valence-corrected chi connectivity index (χ4v) is 4.05. The number of nitrogens with one attached hydrogen (secondary N) is 2. The first kappa shape index (κ1) is 17.8. The van der Waals surface area contributed by atoms with Crippen molar-refractivity contribution in [2.45, 2.75) is 0 Å². The third-order valence-electron chi connectivity index (χ3n) is 3.68. The van der Waals surface area contributed by atoms with Gasteiger partial charge in [-0.15, -0.1) is 0 Å². The number of amides is 1. The summed E-state index contributed by atoms with van der Waals surface area (Å²) in [6.45, 7) is 0. The second kappa shape index (κ2) is 7.22. The molecule has 0 saturated carbocycles. The normalized spacial score (nSPS) is 10.9. The van der Waals surface area contributed by atoms with Gasteiger partial charge in [0.1, 0.15) is 33.8 Å². The molecule has 8 nitrogen and oxygen atoms in total. The molecule has 11 heteroatoms. The Morgan fingerprint density at radius 3 is 3.07 bits per heavy atom. The van der Waals surface area contributed by atoms with Gasteiger partial charge in [-0.3, -0.25) is 9.89 Å². The smallest absolute Gasteiger partial charge is 0.279 e. The Hall–Kier alpha value is -2.56. The number of H-pyrrole nitrogens is 1. The Morgan fingerprint density at radius 2 is 2.26 bits per heavy atom. The minimum absolute atomic E-state index is 0.168. The van der Waals surface area contributed by atoms with E-state index in [-0.39, 0.29) is 5.69 Å². The van der Waals surface area contributed by atoms with E-state index in [1.54, 1.807) is 31.5 Å². The molecule has 3 aromatic heterocycles. The number of carbonyl (C=O) groups is 1. The minimum Gasteiger partial charge on any atom is -0.496 e. The van der Waals surface area contributed by atoms with Crippen LogP contribution in [0, 0.1) is 0 Å². The molecular weight excluding hydrogens is 456 g/mol. The summed E-state index contributed by atoms with van der Waals surface area (Å²) in [4.78, 5) is 25.2. The molecule has 0 atom stereocenters. The summed E-state index contributed by atoms with van der Waals surface area (Å²) in [7, 11) is 1.56. The van der Waals surface area contributed by atoms with Gasteiger partial charge in [-0.05, 0) is 34.1 Å². The highest BCUT2D eigenvalue weighted by Gasteiger charge is 2.21. The molecule has 3 heterocycles. The molecule has 0 fully saturated rings. The van der Waals surface area contributed by atoms with Crippen LogP contribution in [0.5, 0.6) is 5.75 Å². The van der Waals surface area contributed by atoms with E-state index in [4.69, 9.17) is 16.3 Å². The number of hydrogen-bond donors (Lipinski definition) is 2. The average molecular weight is 466 g/mol. The summed E-state index contributed by atoms with van der Waals surface area (Å²) >= 11 is 10.8. The van der Waals surface area contributed by atoms with Crippen LogP contribution in [0.1, 0.15) is 10.5 Å². The summed E-state index contributed by atoms with van der Waals surface area (Å²) in [5.74, 6) is 0.170.